The maximum absolute atomic E-state index is 9.73. The van der Waals surface area contributed by atoms with E-state index in [-0.39, 0.29) is 0 Å². The zero-order chi connectivity index (χ0) is 20.8. The Morgan fingerprint density at radius 3 is 2.53 bits per heavy atom. The van der Waals surface area contributed by atoms with Gasteiger partial charge in [0.25, 0.3) is 0 Å². The molecule has 0 bridgehead atoms. The number of nitrogens with zero attached hydrogens (tertiary/aromatic N) is 4. The quantitative estimate of drug-likeness (QED) is 0.430. The van der Waals surface area contributed by atoms with Crippen LogP contribution in [-0.4, -0.2) is 21.9 Å². The SMILES string of the molecule is COc1ccccc1-c1nn(Cc2ccccc2)cc1/C=C(/C#N)c1ccccn1. The van der Waals surface area contributed by atoms with Crippen LogP contribution < -0.4 is 4.74 Å². The summed E-state index contributed by atoms with van der Waals surface area (Å²) < 4.78 is 7.44. The molecular formula is C25H20N4O. The largest absolute Gasteiger partial charge is 0.496 e. The molecule has 0 amide bonds. The summed E-state index contributed by atoms with van der Waals surface area (Å²) in [5, 5.41) is 14.6. The highest BCUT2D eigenvalue weighted by Gasteiger charge is 2.15. The van der Waals surface area contributed by atoms with E-state index >= 15 is 0 Å². The van der Waals surface area contributed by atoms with Crippen molar-refractivity contribution in [2.45, 2.75) is 6.54 Å². The minimum absolute atomic E-state index is 0.478. The minimum Gasteiger partial charge on any atom is -0.496 e. The van der Waals surface area contributed by atoms with Gasteiger partial charge in [-0.2, -0.15) is 10.4 Å². The van der Waals surface area contributed by atoms with Gasteiger partial charge in [0.2, 0.25) is 0 Å². The lowest BCUT2D eigenvalue weighted by Crippen LogP contribution is -2.00. The van der Waals surface area contributed by atoms with E-state index in [9.17, 15) is 5.26 Å². The van der Waals surface area contributed by atoms with E-state index in [0.29, 0.717) is 17.8 Å². The first-order chi connectivity index (χ1) is 14.8. The zero-order valence-corrected chi connectivity index (χ0v) is 16.6. The van der Waals surface area contributed by atoms with Crippen molar-refractivity contribution >= 4 is 11.6 Å². The maximum atomic E-state index is 9.73. The van der Waals surface area contributed by atoms with Crippen LogP contribution in [0.1, 0.15) is 16.8 Å². The highest BCUT2D eigenvalue weighted by Crippen LogP contribution is 2.33. The number of nitriles is 1. The number of para-hydroxylation sites is 1. The Labute approximate surface area is 175 Å². The number of aromatic nitrogens is 3. The van der Waals surface area contributed by atoms with Crippen molar-refractivity contribution in [1.29, 1.82) is 5.26 Å². The molecule has 0 radical (unpaired) electrons. The molecule has 0 unspecified atom stereocenters. The van der Waals surface area contributed by atoms with E-state index < -0.39 is 0 Å². The Hall–Kier alpha value is -4.17. The summed E-state index contributed by atoms with van der Waals surface area (Å²) in [5.41, 5.74) is 4.71. The Kier molecular flexibility index (Phi) is 5.68. The summed E-state index contributed by atoms with van der Waals surface area (Å²) in [6, 6.07) is 25.7. The summed E-state index contributed by atoms with van der Waals surface area (Å²) in [6.07, 6.45) is 5.47. The Balaban J connectivity index is 1.83. The van der Waals surface area contributed by atoms with Crippen molar-refractivity contribution < 1.29 is 4.74 Å². The highest BCUT2D eigenvalue weighted by atomic mass is 16.5. The fraction of sp³-hybridized carbons (Fsp3) is 0.0800. The molecule has 0 aliphatic carbocycles. The fourth-order valence-corrected chi connectivity index (χ4v) is 3.28. The first-order valence-electron chi connectivity index (χ1n) is 9.56. The summed E-state index contributed by atoms with van der Waals surface area (Å²) in [7, 11) is 1.64. The van der Waals surface area contributed by atoms with Gasteiger partial charge in [-0.1, -0.05) is 48.5 Å². The van der Waals surface area contributed by atoms with Crippen molar-refractivity contribution in [1.82, 2.24) is 14.8 Å². The van der Waals surface area contributed by atoms with Crippen LogP contribution in [0, 0.1) is 11.3 Å². The summed E-state index contributed by atoms with van der Waals surface area (Å²) in [5.74, 6) is 0.730. The molecule has 0 spiro atoms. The molecule has 146 valence electrons. The molecule has 4 rings (SSSR count). The van der Waals surface area contributed by atoms with Crippen molar-refractivity contribution in [3.63, 3.8) is 0 Å². The minimum atomic E-state index is 0.478. The van der Waals surface area contributed by atoms with E-state index in [1.165, 1.54) is 0 Å². The molecule has 0 N–H and O–H groups in total. The Morgan fingerprint density at radius 2 is 1.80 bits per heavy atom. The van der Waals surface area contributed by atoms with E-state index in [1.807, 2.05) is 77.6 Å². The molecule has 0 atom stereocenters. The monoisotopic (exact) mass is 392 g/mol. The summed E-state index contributed by atoms with van der Waals surface area (Å²) >= 11 is 0. The first-order valence-corrected chi connectivity index (χ1v) is 9.56. The number of pyridine rings is 1. The van der Waals surface area contributed by atoms with Crippen LogP contribution in [0.4, 0.5) is 0 Å². The van der Waals surface area contributed by atoms with Crippen LogP contribution in [0.15, 0.2) is 85.2 Å². The van der Waals surface area contributed by atoms with Gasteiger partial charge in [-0.25, -0.2) is 0 Å². The smallest absolute Gasteiger partial charge is 0.128 e. The molecule has 30 heavy (non-hydrogen) atoms. The zero-order valence-electron chi connectivity index (χ0n) is 16.6. The van der Waals surface area contributed by atoms with Gasteiger partial charge in [-0.05, 0) is 35.9 Å². The van der Waals surface area contributed by atoms with Crippen LogP contribution in [-0.2, 0) is 6.54 Å². The van der Waals surface area contributed by atoms with E-state index in [2.05, 4.69) is 23.2 Å². The molecule has 0 fully saturated rings. The molecule has 0 saturated heterocycles. The van der Waals surface area contributed by atoms with Crippen LogP contribution in [0.3, 0.4) is 0 Å². The second-order valence-corrected chi connectivity index (χ2v) is 6.70. The van der Waals surface area contributed by atoms with Gasteiger partial charge in [0, 0.05) is 23.5 Å². The van der Waals surface area contributed by atoms with Gasteiger partial charge in [-0.15, -0.1) is 0 Å². The number of hydrogen-bond donors (Lipinski definition) is 0. The van der Waals surface area contributed by atoms with Crippen molar-refractivity contribution in [2.24, 2.45) is 0 Å². The van der Waals surface area contributed by atoms with Gasteiger partial charge in [-0.3, -0.25) is 9.67 Å². The lowest BCUT2D eigenvalue weighted by atomic mass is 10.0. The van der Waals surface area contributed by atoms with Gasteiger partial charge >= 0.3 is 0 Å². The Morgan fingerprint density at radius 1 is 1.03 bits per heavy atom. The van der Waals surface area contributed by atoms with Crippen molar-refractivity contribution in [3.8, 4) is 23.1 Å². The number of benzene rings is 2. The third kappa shape index (κ3) is 4.13. The molecule has 4 aromatic rings. The van der Waals surface area contributed by atoms with Crippen LogP contribution in [0.5, 0.6) is 5.75 Å². The average molecular weight is 392 g/mol. The second kappa shape index (κ2) is 8.89. The molecule has 0 aliphatic heterocycles. The standard InChI is InChI=1S/C25H20N4O/c1-30-24-13-6-5-11-22(24)25-21(15-20(16-26)23-12-7-8-14-27-23)18-29(28-25)17-19-9-3-2-4-10-19/h2-15,18H,17H2,1H3/b20-15-. The number of ether oxygens (including phenoxy) is 1. The molecule has 5 nitrogen and oxygen atoms in total. The predicted molar refractivity (Wildman–Crippen MR) is 117 cm³/mol. The van der Waals surface area contributed by atoms with E-state index in [4.69, 9.17) is 9.84 Å². The fourth-order valence-electron chi connectivity index (χ4n) is 3.28. The molecule has 5 heteroatoms. The highest BCUT2D eigenvalue weighted by molar-refractivity contribution is 5.91. The van der Waals surface area contributed by atoms with Gasteiger partial charge in [0.15, 0.2) is 0 Å². The number of allylic oxidation sites excluding steroid dienone is 1. The molecule has 0 aliphatic rings. The normalized spacial score (nSPS) is 11.1. The molecule has 0 saturated carbocycles. The maximum Gasteiger partial charge on any atom is 0.128 e. The van der Waals surface area contributed by atoms with Crippen LogP contribution >= 0.6 is 0 Å². The average Bonchev–Trinajstić information content (AvgIpc) is 3.20. The number of rotatable bonds is 6. The topological polar surface area (TPSA) is 63.7 Å². The lowest BCUT2D eigenvalue weighted by Gasteiger charge is -2.07. The molecule has 2 aromatic heterocycles. The third-order valence-electron chi connectivity index (χ3n) is 4.70. The number of hydrogen-bond acceptors (Lipinski definition) is 4. The number of methoxy groups -OCH3 is 1. The predicted octanol–water partition coefficient (Wildman–Crippen LogP) is 5.07. The van der Waals surface area contributed by atoms with E-state index in [1.54, 1.807) is 13.3 Å². The van der Waals surface area contributed by atoms with Gasteiger partial charge < -0.3 is 4.74 Å². The second-order valence-electron chi connectivity index (χ2n) is 6.70. The van der Waals surface area contributed by atoms with Gasteiger partial charge in [0.1, 0.15) is 17.5 Å². The van der Waals surface area contributed by atoms with Crippen molar-refractivity contribution in [2.75, 3.05) is 7.11 Å². The summed E-state index contributed by atoms with van der Waals surface area (Å²) in [4.78, 5) is 4.31. The molecule has 2 aromatic carbocycles. The van der Waals surface area contributed by atoms with Crippen LogP contribution in [0.25, 0.3) is 22.9 Å². The van der Waals surface area contributed by atoms with E-state index in [0.717, 1.165) is 28.1 Å². The van der Waals surface area contributed by atoms with Crippen molar-refractivity contribution in [3.05, 3.63) is 102 Å². The lowest BCUT2D eigenvalue weighted by molar-refractivity contribution is 0.416. The molecular weight excluding hydrogens is 372 g/mol. The van der Waals surface area contributed by atoms with Crippen LogP contribution in [0.2, 0.25) is 0 Å². The first kappa shape index (κ1) is 19.2. The third-order valence-corrected chi connectivity index (χ3v) is 4.70. The van der Waals surface area contributed by atoms with Gasteiger partial charge in [0.05, 0.1) is 24.9 Å². The Bertz CT molecular complexity index is 1200. The summed E-state index contributed by atoms with van der Waals surface area (Å²) in [6.45, 7) is 0.627. The molecule has 2 heterocycles.